The number of rotatable bonds is 3. The van der Waals surface area contributed by atoms with Crippen LogP contribution in [0.4, 0.5) is 0 Å². The number of aliphatic carboxylic acids is 1. The molecule has 1 aromatic rings. The van der Waals surface area contributed by atoms with Gasteiger partial charge in [0.05, 0.1) is 24.1 Å². The van der Waals surface area contributed by atoms with Crippen molar-refractivity contribution in [2.24, 2.45) is 0 Å². The molecule has 1 amide bonds. The van der Waals surface area contributed by atoms with Gasteiger partial charge < -0.3 is 14.7 Å². The fraction of sp³-hybridized carbons (Fsp3) is 0.385. The second kappa shape index (κ2) is 5.99. The predicted molar refractivity (Wildman–Crippen MR) is 72.3 cm³/mol. The van der Waals surface area contributed by atoms with Crippen molar-refractivity contribution in [3.63, 3.8) is 0 Å². The second-order valence-electron chi connectivity index (χ2n) is 4.30. The van der Waals surface area contributed by atoms with Gasteiger partial charge in [-0.15, -0.1) is 11.3 Å². The van der Waals surface area contributed by atoms with Crippen LogP contribution in [0.5, 0.6) is 0 Å². The molecule has 1 aliphatic heterocycles. The highest BCUT2D eigenvalue weighted by atomic mass is 32.1. The van der Waals surface area contributed by atoms with Crippen molar-refractivity contribution in [3.05, 3.63) is 28.0 Å². The summed E-state index contributed by atoms with van der Waals surface area (Å²) in [5.74, 6) is -1.01. The SMILES string of the molecule is CC1COCCN1C(=O)c1ccc(/C=C/C(=O)O)s1. The minimum Gasteiger partial charge on any atom is -0.478 e. The van der Waals surface area contributed by atoms with Crippen LogP contribution in [-0.4, -0.2) is 47.7 Å². The van der Waals surface area contributed by atoms with Crippen LogP contribution in [0.15, 0.2) is 18.2 Å². The van der Waals surface area contributed by atoms with Crippen molar-refractivity contribution in [2.45, 2.75) is 13.0 Å². The van der Waals surface area contributed by atoms with E-state index in [4.69, 9.17) is 9.84 Å². The summed E-state index contributed by atoms with van der Waals surface area (Å²) in [6.45, 7) is 3.67. The van der Waals surface area contributed by atoms with E-state index in [-0.39, 0.29) is 11.9 Å². The van der Waals surface area contributed by atoms with Crippen molar-refractivity contribution >= 4 is 29.3 Å². The molecule has 1 N–H and O–H groups in total. The molecule has 0 aliphatic carbocycles. The molecule has 1 aliphatic rings. The number of carbonyl (C=O) groups excluding carboxylic acids is 1. The standard InChI is InChI=1S/C13H15NO4S/c1-9-8-18-7-6-14(9)13(17)11-4-2-10(19-11)3-5-12(15)16/h2-5,9H,6-8H2,1H3,(H,15,16)/b5-3+. The van der Waals surface area contributed by atoms with Crippen LogP contribution in [0, 0.1) is 0 Å². The molecule has 2 rings (SSSR count). The highest BCUT2D eigenvalue weighted by molar-refractivity contribution is 7.14. The maximum atomic E-state index is 12.3. The fourth-order valence-corrected chi connectivity index (χ4v) is 2.75. The Kier molecular flexibility index (Phi) is 4.34. The third-order valence-electron chi connectivity index (χ3n) is 2.86. The van der Waals surface area contributed by atoms with E-state index >= 15 is 0 Å². The number of carboxylic acid groups (broad SMARTS) is 1. The number of carbonyl (C=O) groups is 2. The summed E-state index contributed by atoms with van der Waals surface area (Å²) in [6.07, 6.45) is 2.56. The van der Waals surface area contributed by atoms with E-state index in [1.807, 2.05) is 6.92 Å². The average molecular weight is 281 g/mol. The van der Waals surface area contributed by atoms with Crippen molar-refractivity contribution in [1.29, 1.82) is 0 Å². The maximum Gasteiger partial charge on any atom is 0.328 e. The third kappa shape index (κ3) is 3.42. The largest absolute Gasteiger partial charge is 0.478 e. The minimum atomic E-state index is -0.997. The lowest BCUT2D eigenvalue weighted by Crippen LogP contribution is -2.46. The van der Waals surface area contributed by atoms with Gasteiger partial charge in [0.15, 0.2) is 0 Å². The topological polar surface area (TPSA) is 66.8 Å². The molecule has 0 radical (unpaired) electrons. The van der Waals surface area contributed by atoms with Crippen molar-refractivity contribution < 1.29 is 19.4 Å². The number of morpholine rings is 1. The smallest absolute Gasteiger partial charge is 0.328 e. The molecule has 1 unspecified atom stereocenters. The molecule has 102 valence electrons. The highest BCUT2D eigenvalue weighted by Crippen LogP contribution is 2.21. The normalized spacial score (nSPS) is 19.8. The summed E-state index contributed by atoms with van der Waals surface area (Å²) in [5.41, 5.74) is 0. The average Bonchev–Trinajstić information content (AvgIpc) is 2.85. The molecule has 0 aromatic carbocycles. The van der Waals surface area contributed by atoms with Crippen LogP contribution in [0.2, 0.25) is 0 Å². The lowest BCUT2D eigenvalue weighted by atomic mass is 10.2. The number of amides is 1. The summed E-state index contributed by atoms with van der Waals surface area (Å²) < 4.78 is 5.30. The molecule has 1 atom stereocenters. The number of hydrogen-bond donors (Lipinski definition) is 1. The number of nitrogens with zero attached hydrogens (tertiary/aromatic N) is 1. The van der Waals surface area contributed by atoms with E-state index in [9.17, 15) is 9.59 Å². The zero-order valence-corrected chi connectivity index (χ0v) is 11.4. The minimum absolute atomic E-state index is 0.0178. The van der Waals surface area contributed by atoms with Crippen LogP contribution < -0.4 is 0 Å². The van der Waals surface area contributed by atoms with Crippen LogP contribution in [-0.2, 0) is 9.53 Å². The van der Waals surface area contributed by atoms with Crippen LogP contribution in [0.1, 0.15) is 21.5 Å². The van der Waals surface area contributed by atoms with E-state index in [0.29, 0.717) is 24.6 Å². The Labute approximate surface area is 115 Å². The van der Waals surface area contributed by atoms with E-state index in [2.05, 4.69) is 0 Å². The summed E-state index contributed by atoms with van der Waals surface area (Å²) >= 11 is 1.30. The molecule has 0 saturated carbocycles. The molecule has 19 heavy (non-hydrogen) atoms. The molecule has 1 aromatic heterocycles. The number of hydrogen-bond acceptors (Lipinski definition) is 4. The van der Waals surface area contributed by atoms with Gasteiger partial charge in [0.2, 0.25) is 0 Å². The zero-order valence-electron chi connectivity index (χ0n) is 10.5. The first-order valence-electron chi connectivity index (χ1n) is 5.97. The van der Waals surface area contributed by atoms with Gasteiger partial charge >= 0.3 is 5.97 Å². The zero-order chi connectivity index (χ0) is 13.8. The number of thiophene rings is 1. The quantitative estimate of drug-likeness (QED) is 0.856. The predicted octanol–water partition coefficient (Wildman–Crippen LogP) is 1.71. The van der Waals surface area contributed by atoms with Crippen LogP contribution in [0.3, 0.4) is 0 Å². The lowest BCUT2D eigenvalue weighted by Gasteiger charge is -2.32. The summed E-state index contributed by atoms with van der Waals surface area (Å²) in [5, 5.41) is 8.56. The summed E-state index contributed by atoms with van der Waals surface area (Å²) in [7, 11) is 0. The number of carboxylic acids is 1. The van der Waals surface area contributed by atoms with Gasteiger partial charge in [0.1, 0.15) is 0 Å². The molecular weight excluding hydrogens is 266 g/mol. The Morgan fingerprint density at radius 3 is 3.00 bits per heavy atom. The fourth-order valence-electron chi connectivity index (χ4n) is 1.88. The Balaban J connectivity index is 2.09. The lowest BCUT2D eigenvalue weighted by molar-refractivity contribution is -0.131. The van der Waals surface area contributed by atoms with Gasteiger partial charge in [-0.25, -0.2) is 4.79 Å². The van der Waals surface area contributed by atoms with E-state index in [0.717, 1.165) is 11.0 Å². The van der Waals surface area contributed by atoms with Crippen LogP contribution >= 0.6 is 11.3 Å². The molecule has 1 fully saturated rings. The van der Waals surface area contributed by atoms with Gasteiger partial charge in [-0.2, -0.15) is 0 Å². The first-order chi connectivity index (χ1) is 9.08. The Morgan fingerprint density at radius 2 is 2.32 bits per heavy atom. The Hall–Kier alpha value is -1.66. The second-order valence-corrected chi connectivity index (χ2v) is 5.41. The van der Waals surface area contributed by atoms with Gasteiger partial charge in [-0.1, -0.05) is 0 Å². The van der Waals surface area contributed by atoms with Gasteiger partial charge in [-0.3, -0.25) is 4.79 Å². The molecule has 2 heterocycles. The van der Waals surface area contributed by atoms with E-state index in [1.165, 1.54) is 17.4 Å². The van der Waals surface area contributed by atoms with Crippen LogP contribution in [0.25, 0.3) is 6.08 Å². The third-order valence-corrected chi connectivity index (χ3v) is 3.89. The van der Waals surface area contributed by atoms with Crippen molar-refractivity contribution in [2.75, 3.05) is 19.8 Å². The first-order valence-corrected chi connectivity index (χ1v) is 6.79. The first kappa shape index (κ1) is 13.8. The van der Waals surface area contributed by atoms with Gasteiger partial charge in [0, 0.05) is 17.5 Å². The summed E-state index contributed by atoms with van der Waals surface area (Å²) in [4.78, 5) is 25.9. The molecule has 0 spiro atoms. The molecular formula is C13H15NO4S. The van der Waals surface area contributed by atoms with E-state index in [1.54, 1.807) is 17.0 Å². The Bertz CT molecular complexity index is 508. The van der Waals surface area contributed by atoms with Gasteiger partial charge in [0.25, 0.3) is 5.91 Å². The number of ether oxygens (including phenoxy) is 1. The maximum absolute atomic E-state index is 12.3. The monoisotopic (exact) mass is 281 g/mol. The van der Waals surface area contributed by atoms with E-state index < -0.39 is 5.97 Å². The van der Waals surface area contributed by atoms with Gasteiger partial charge in [-0.05, 0) is 25.1 Å². The molecule has 0 bridgehead atoms. The summed E-state index contributed by atoms with van der Waals surface area (Å²) in [6, 6.07) is 3.56. The Morgan fingerprint density at radius 1 is 1.53 bits per heavy atom. The highest BCUT2D eigenvalue weighted by Gasteiger charge is 2.25. The van der Waals surface area contributed by atoms with Crippen molar-refractivity contribution in [3.8, 4) is 0 Å². The molecule has 6 heteroatoms. The molecule has 5 nitrogen and oxygen atoms in total. The molecule has 1 saturated heterocycles. The van der Waals surface area contributed by atoms with Crippen molar-refractivity contribution in [1.82, 2.24) is 4.90 Å².